The van der Waals surface area contributed by atoms with Crippen LogP contribution in [0.15, 0.2) is 22.6 Å². The molecule has 1 heterocycles. The van der Waals surface area contributed by atoms with Crippen LogP contribution < -0.4 is 10.6 Å². The van der Waals surface area contributed by atoms with Crippen LogP contribution in [-0.4, -0.2) is 22.7 Å². The summed E-state index contributed by atoms with van der Waals surface area (Å²) in [4.78, 5) is 15.8. The van der Waals surface area contributed by atoms with Gasteiger partial charge in [0.25, 0.3) is 0 Å². The number of oxazole rings is 1. The standard InChI is InChI=1S/C14H15Cl2N3O3/c1-7-8(2)22-14(18-7)19-13(21)17-6-11(20)12-9(15)4-3-5-10(12)16/h3-5,11,20H,6H2,1-2H3,(H2,17,18,19,21). The van der Waals surface area contributed by atoms with Crippen LogP contribution in [0.2, 0.25) is 10.0 Å². The molecule has 22 heavy (non-hydrogen) atoms. The van der Waals surface area contributed by atoms with Gasteiger partial charge >= 0.3 is 12.0 Å². The fourth-order valence-corrected chi connectivity index (χ4v) is 2.44. The number of urea groups is 1. The zero-order valence-electron chi connectivity index (χ0n) is 12.0. The molecule has 0 aliphatic rings. The van der Waals surface area contributed by atoms with E-state index in [2.05, 4.69) is 15.6 Å². The molecule has 8 heteroatoms. The zero-order chi connectivity index (χ0) is 16.3. The van der Waals surface area contributed by atoms with Gasteiger partial charge in [-0.05, 0) is 26.0 Å². The first kappa shape index (κ1) is 16.6. The summed E-state index contributed by atoms with van der Waals surface area (Å²) in [5, 5.41) is 15.7. The number of nitrogens with one attached hydrogen (secondary N) is 2. The average molecular weight is 344 g/mol. The summed E-state index contributed by atoms with van der Waals surface area (Å²) in [5.74, 6) is 0.623. The highest BCUT2D eigenvalue weighted by molar-refractivity contribution is 6.36. The topological polar surface area (TPSA) is 87.4 Å². The Kier molecular flexibility index (Phi) is 5.28. The van der Waals surface area contributed by atoms with Crippen molar-refractivity contribution >= 4 is 35.2 Å². The van der Waals surface area contributed by atoms with E-state index < -0.39 is 12.1 Å². The fourth-order valence-electron chi connectivity index (χ4n) is 1.79. The first-order valence-electron chi connectivity index (χ1n) is 6.49. The molecule has 0 aliphatic heterocycles. The van der Waals surface area contributed by atoms with E-state index in [1.807, 2.05) is 0 Å². The summed E-state index contributed by atoms with van der Waals surface area (Å²) in [6, 6.07) is 4.45. The maximum Gasteiger partial charge on any atom is 0.322 e. The minimum Gasteiger partial charge on any atom is -0.428 e. The Bertz CT molecular complexity index is 648. The summed E-state index contributed by atoms with van der Waals surface area (Å²) in [5.41, 5.74) is 1.06. The maximum atomic E-state index is 11.7. The number of aliphatic hydroxyl groups is 1. The lowest BCUT2D eigenvalue weighted by molar-refractivity contribution is 0.175. The Morgan fingerprint density at radius 1 is 1.36 bits per heavy atom. The number of aryl methyl sites for hydroxylation is 2. The van der Waals surface area contributed by atoms with Crippen LogP contribution in [-0.2, 0) is 0 Å². The molecule has 2 rings (SSSR count). The third-order valence-corrected chi connectivity index (χ3v) is 3.70. The van der Waals surface area contributed by atoms with Crippen LogP contribution in [0, 0.1) is 13.8 Å². The van der Waals surface area contributed by atoms with Crippen LogP contribution >= 0.6 is 23.2 Å². The maximum absolute atomic E-state index is 11.7. The Balaban J connectivity index is 1.93. The van der Waals surface area contributed by atoms with Gasteiger partial charge in [0.05, 0.1) is 11.8 Å². The first-order chi connectivity index (χ1) is 10.4. The first-order valence-corrected chi connectivity index (χ1v) is 7.25. The van der Waals surface area contributed by atoms with Gasteiger partial charge in [-0.2, -0.15) is 4.98 Å². The SMILES string of the molecule is Cc1nc(NC(=O)NCC(O)c2c(Cl)cccc2Cl)oc1C. The number of hydrogen-bond donors (Lipinski definition) is 3. The van der Waals surface area contributed by atoms with E-state index in [9.17, 15) is 9.90 Å². The molecule has 118 valence electrons. The molecule has 0 saturated heterocycles. The normalized spacial score (nSPS) is 12.0. The summed E-state index contributed by atoms with van der Waals surface area (Å²) in [6.45, 7) is 3.45. The van der Waals surface area contributed by atoms with E-state index in [0.717, 1.165) is 0 Å². The highest BCUT2D eigenvalue weighted by Crippen LogP contribution is 2.29. The van der Waals surface area contributed by atoms with Gasteiger partial charge in [0, 0.05) is 22.2 Å². The number of aliphatic hydroxyl groups excluding tert-OH is 1. The average Bonchev–Trinajstić information content (AvgIpc) is 2.74. The highest BCUT2D eigenvalue weighted by Gasteiger charge is 2.17. The lowest BCUT2D eigenvalue weighted by Crippen LogP contribution is -2.32. The van der Waals surface area contributed by atoms with Gasteiger partial charge in [-0.25, -0.2) is 4.79 Å². The molecule has 0 fully saturated rings. The van der Waals surface area contributed by atoms with Gasteiger partial charge in [0.1, 0.15) is 5.76 Å². The second kappa shape index (κ2) is 7.00. The third kappa shape index (κ3) is 3.91. The molecule has 1 aromatic carbocycles. The van der Waals surface area contributed by atoms with Crippen molar-refractivity contribution in [1.82, 2.24) is 10.3 Å². The lowest BCUT2D eigenvalue weighted by Gasteiger charge is -2.15. The zero-order valence-corrected chi connectivity index (χ0v) is 13.5. The van der Waals surface area contributed by atoms with Crippen molar-refractivity contribution in [3.63, 3.8) is 0 Å². The number of nitrogens with zero attached hydrogens (tertiary/aromatic N) is 1. The van der Waals surface area contributed by atoms with E-state index in [-0.39, 0.29) is 12.6 Å². The molecular weight excluding hydrogens is 329 g/mol. The van der Waals surface area contributed by atoms with Crippen molar-refractivity contribution in [2.45, 2.75) is 20.0 Å². The Morgan fingerprint density at radius 3 is 2.55 bits per heavy atom. The minimum absolute atomic E-state index is 0.0615. The summed E-state index contributed by atoms with van der Waals surface area (Å²) in [6.07, 6.45) is -1.03. The fraction of sp³-hybridized carbons (Fsp3) is 0.286. The minimum atomic E-state index is -1.03. The van der Waals surface area contributed by atoms with Crippen LogP contribution in [0.5, 0.6) is 0 Å². The summed E-state index contributed by atoms with van der Waals surface area (Å²) < 4.78 is 5.23. The summed E-state index contributed by atoms with van der Waals surface area (Å²) >= 11 is 12.0. The smallest absolute Gasteiger partial charge is 0.322 e. The Morgan fingerprint density at radius 2 is 2.00 bits per heavy atom. The number of amides is 2. The van der Waals surface area contributed by atoms with Crippen molar-refractivity contribution in [3.05, 3.63) is 45.3 Å². The molecule has 1 unspecified atom stereocenters. The van der Waals surface area contributed by atoms with Gasteiger partial charge in [-0.1, -0.05) is 29.3 Å². The molecule has 0 radical (unpaired) electrons. The predicted molar refractivity (Wildman–Crippen MR) is 84.4 cm³/mol. The van der Waals surface area contributed by atoms with Crippen LogP contribution in [0.3, 0.4) is 0 Å². The molecule has 6 nitrogen and oxygen atoms in total. The monoisotopic (exact) mass is 343 g/mol. The lowest BCUT2D eigenvalue weighted by atomic mass is 10.1. The molecule has 1 aromatic heterocycles. The van der Waals surface area contributed by atoms with Gasteiger partial charge in [-0.3, -0.25) is 5.32 Å². The Labute approximate surface area is 137 Å². The molecule has 0 aliphatic carbocycles. The number of benzene rings is 1. The second-order valence-electron chi connectivity index (χ2n) is 4.65. The van der Waals surface area contributed by atoms with Crippen molar-refractivity contribution in [2.75, 3.05) is 11.9 Å². The largest absolute Gasteiger partial charge is 0.428 e. The molecule has 0 bridgehead atoms. The van der Waals surface area contributed by atoms with Crippen LogP contribution in [0.1, 0.15) is 23.1 Å². The van der Waals surface area contributed by atoms with E-state index in [0.29, 0.717) is 27.1 Å². The number of anilines is 1. The number of rotatable bonds is 4. The number of carbonyl (C=O) groups excluding carboxylic acids is 1. The Hall–Kier alpha value is -1.76. The third-order valence-electron chi connectivity index (χ3n) is 3.04. The van der Waals surface area contributed by atoms with E-state index in [4.69, 9.17) is 27.6 Å². The predicted octanol–water partition coefficient (Wildman–Crippen LogP) is 3.45. The second-order valence-corrected chi connectivity index (χ2v) is 5.46. The number of hydrogen-bond acceptors (Lipinski definition) is 4. The molecule has 2 aromatic rings. The highest BCUT2D eigenvalue weighted by atomic mass is 35.5. The molecule has 0 saturated carbocycles. The van der Waals surface area contributed by atoms with Gasteiger partial charge in [0.15, 0.2) is 0 Å². The van der Waals surface area contributed by atoms with E-state index >= 15 is 0 Å². The molecular formula is C14H15Cl2N3O3. The van der Waals surface area contributed by atoms with Gasteiger partial charge in [0.2, 0.25) is 0 Å². The molecule has 1 atom stereocenters. The van der Waals surface area contributed by atoms with Crippen LogP contribution in [0.4, 0.5) is 10.8 Å². The summed E-state index contributed by atoms with van der Waals surface area (Å²) in [7, 11) is 0. The van der Waals surface area contributed by atoms with E-state index in [1.165, 1.54) is 0 Å². The van der Waals surface area contributed by atoms with Gasteiger partial charge < -0.3 is 14.8 Å². The molecule has 2 amide bonds. The number of aromatic nitrogens is 1. The number of carbonyl (C=O) groups is 1. The van der Waals surface area contributed by atoms with Crippen molar-refractivity contribution < 1.29 is 14.3 Å². The van der Waals surface area contributed by atoms with Crippen molar-refractivity contribution in [1.29, 1.82) is 0 Å². The van der Waals surface area contributed by atoms with Gasteiger partial charge in [-0.15, -0.1) is 0 Å². The molecule has 3 N–H and O–H groups in total. The van der Waals surface area contributed by atoms with Crippen molar-refractivity contribution in [3.8, 4) is 0 Å². The quantitative estimate of drug-likeness (QED) is 0.793. The van der Waals surface area contributed by atoms with Crippen molar-refractivity contribution in [2.24, 2.45) is 0 Å². The van der Waals surface area contributed by atoms with Crippen LogP contribution in [0.25, 0.3) is 0 Å². The van der Waals surface area contributed by atoms with E-state index in [1.54, 1.807) is 32.0 Å². The molecule has 0 spiro atoms. The number of halogens is 2.